The van der Waals surface area contributed by atoms with Crippen LogP contribution in [-0.4, -0.2) is 34.4 Å². The van der Waals surface area contributed by atoms with Crippen LogP contribution in [0.2, 0.25) is 0 Å². The van der Waals surface area contributed by atoms with E-state index in [9.17, 15) is 4.79 Å². The van der Waals surface area contributed by atoms with Crippen LogP contribution in [0.5, 0.6) is 0 Å². The van der Waals surface area contributed by atoms with Crippen molar-refractivity contribution in [2.24, 2.45) is 0 Å². The fraction of sp³-hybridized carbons (Fsp3) is 0.214. The molecule has 0 aliphatic carbocycles. The second-order valence-electron chi connectivity index (χ2n) is 4.22. The molecule has 1 amide bonds. The highest BCUT2D eigenvalue weighted by Gasteiger charge is 2.12. The Morgan fingerprint density at radius 1 is 1.47 bits per heavy atom. The second kappa shape index (κ2) is 5.83. The fourth-order valence-electron chi connectivity index (χ4n) is 1.69. The van der Waals surface area contributed by atoms with Gasteiger partial charge in [-0.3, -0.25) is 4.79 Å². The molecule has 2 aromatic heterocycles. The minimum absolute atomic E-state index is 0.143. The predicted molar refractivity (Wildman–Crippen MR) is 70.4 cm³/mol. The zero-order chi connectivity index (χ0) is 13.7. The van der Waals surface area contributed by atoms with Gasteiger partial charge in [0.1, 0.15) is 11.8 Å². The van der Waals surface area contributed by atoms with Gasteiger partial charge in [0, 0.05) is 38.1 Å². The van der Waals surface area contributed by atoms with Crippen LogP contribution >= 0.6 is 0 Å². The molecule has 0 aliphatic heterocycles. The van der Waals surface area contributed by atoms with Crippen molar-refractivity contribution in [2.75, 3.05) is 13.6 Å². The van der Waals surface area contributed by atoms with E-state index in [2.05, 4.69) is 9.97 Å². The van der Waals surface area contributed by atoms with E-state index >= 15 is 0 Å². The van der Waals surface area contributed by atoms with Gasteiger partial charge >= 0.3 is 0 Å². The molecular weight excluding hydrogens is 240 g/mol. The number of nitriles is 1. The molecule has 0 unspecified atom stereocenters. The maximum absolute atomic E-state index is 12.1. The number of nitrogens with one attached hydrogen (secondary N) is 1. The first-order valence-corrected chi connectivity index (χ1v) is 5.94. The van der Waals surface area contributed by atoms with Crippen molar-refractivity contribution in [3.8, 4) is 6.07 Å². The summed E-state index contributed by atoms with van der Waals surface area (Å²) in [5.41, 5.74) is 1.89. The summed E-state index contributed by atoms with van der Waals surface area (Å²) in [7, 11) is 1.74. The van der Waals surface area contributed by atoms with Crippen molar-refractivity contribution in [1.82, 2.24) is 14.9 Å². The minimum atomic E-state index is -0.143. The third kappa shape index (κ3) is 3.19. The zero-order valence-corrected chi connectivity index (χ0v) is 10.6. The Kier molecular flexibility index (Phi) is 3.94. The summed E-state index contributed by atoms with van der Waals surface area (Å²) in [6.07, 6.45) is 4.04. The number of amides is 1. The van der Waals surface area contributed by atoms with Gasteiger partial charge in [-0.2, -0.15) is 5.26 Å². The summed E-state index contributed by atoms with van der Waals surface area (Å²) in [5, 5.41) is 8.68. The molecule has 2 rings (SSSR count). The van der Waals surface area contributed by atoms with E-state index in [1.54, 1.807) is 24.1 Å². The van der Waals surface area contributed by atoms with Crippen molar-refractivity contribution in [2.45, 2.75) is 6.42 Å². The number of likely N-dealkylation sites (N-methyl/N-ethyl adjacent to an activating group) is 1. The molecule has 2 aromatic rings. The lowest BCUT2D eigenvalue weighted by molar-refractivity contribution is 0.0790. The summed E-state index contributed by atoms with van der Waals surface area (Å²) >= 11 is 0. The molecule has 5 heteroatoms. The van der Waals surface area contributed by atoms with E-state index in [0.717, 1.165) is 12.1 Å². The summed E-state index contributed by atoms with van der Waals surface area (Å²) in [4.78, 5) is 20.8. The normalized spacial score (nSPS) is 9.89. The Morgan fingerprint density at radius 3 is 2.89 bits per heavy atom. The van der Waals surface area contributed by atoms with Crippen LogP contribution in [0.3, 0.4) is 0 Å². The van der Waals surface area contributed by atoms with E-state index in [-0.39, 0.29) is 5.91 Å². The highest BCUT2D eigenvalue weighted by atomic mass is 16.2. The number of nitrogens with zero attached hydrogens (tertiary/aromatic N) is 3. The number of rotatable bonds is 4. The molecule has 0 saturated carbocycles. The Morgan fingerprint density at radius 2 is 2.32 bits per heavy atom. The number of hydrogen-bond acceptors (Lipinski definition) is 3. The van der Waals surface area contributed by atoms with Gasteiger partial charge in [0.25, 0.3) is 5.91 Å². The van der Waals surface area contributed by atoms with Crippen LogP contribution in [-0.2, 0) is 6.42 Å². The Bertz CT molecular complexity index is 581. The topological polar surface area (TPSA) is 72.8 Å². The van der Waals surface area contributed by atoms with Gasteiger partial charge in [-0.25, -0.2) is 4.98 Å². The number of hydrogen-bond donors (Lipinski definition) is 1. The first-order valence-electron chi connectivity index (χ1n) is 5.94. The molecule has 0 saturated heterocycles. The Hall–Kier alpha value is -2.61. The quantitative estimate of drug-likeness (QED) is 0.900. The van der Waals surface area contributed by atoms with Crippen LogP contribution in [0, 0.1) is 11.3 Å². The first-order chi connectivity index (χ1) is 9.20. The first kappa shape index (κ1) is 12.8. The Balaban J connectivity index is 1.96. The SMILES string of the molecule is CN(CCc1ccc[nH]1)C(=O)c1ccc(C#N)cn1. The monoisotopic (exact) mass is 254 g/mol. The maximum Gasteiger partial charge on any atom is 0.272 e. The lowest BCUT2D eigenvalue weighted by Crippen LogP contribution is -2.29. The lowest BCUT2D eigenvalue weighted by Gasteiger charge is -2.16. The molecule has 0 aromatic carbocycles. The standard InChI is InChI=1S/C14H14N4O/c1-18(8-6-12-3-2-7-16-12)14(19)13-5-4-11(9-15)10-17-13/h2-5,7,10,16H,6,8H2,1H3. The second-order valence-corrected chi connectivity index (χ2v) is 4.22. The van der Waals surface area contributed by atoms with Gasteiger partial charge in [-0.1, -0.05) is 0 Å². The zero-order valence-electron chi connectivity index (χ0n) is 10.6. The highest BCUT2D eigenvalue weighted by Crippen LogP contribution is 2.04. The summed E-state index contributed by atoms with van der Waals surface area (Å²) < 4.78 is 0. The van der Waals surface area contributed by atoms with Crippen molar-refractivity contribution in [3.05, 3.63) is 53.6 Å². The summed E-state index contributed by atoms with van der Waals surface area (Å²) in [6.45, 7) is 0.612. The minimum Gasteiger partial charge on any atom is -0.365 e. The average Bonchev–Trinajstić information content (AvgIpc) is 2.97. The van der Waals surface area contributed by atoms with Crippen molar-refractivity contribution >= 4 is 5.91 Å². The van der Waals surface area contributed by atoms with Gasteiger partial charge in [0.05, 0.1) is 5.56 Å². The number of pyridine rings is 1. The largest absolute Gasteiger partial charge is 0.365 e. The van der Waals surface area contributed by atoms with Crippen LogP contribution in [0.15, 0.2) is 36.7 Å². The number of aromatic nitrogens is 2. The number of carbonyl (C=O) groups excluding carboxylic acids is 1. The highest BCUT2D eigenvalue weighted by molar-refractivity contribution is 5.92. The van der Waals surface area contributed by atoms with Crippen LogP contribution in [0.4, 0.5) is 0 Å². The molecule has 19 heavy (non-hydrogen) atoms. The molecule has 1 N–H and O–H groups in total. The van der Waals surface area contributed by atoms with E-state index in [4.69, 9.17) is 5.26 Å². The molecule has 0 aliphatic rings. The maximum atomic E-state index is 12.1. The number of aromatic amines is 1. The predicted octanol–water partition coefficient (Wildman–Crippen LogP) is 1.60. The number of H-pyrrole nitrogens is 1. The summed E-state index contributed by atoms with van der Waals surface area (Å²) in [5.74, 6) is -0.143. The van der Waals surface area contributed by atoms with Crippen LogP contribution < -0.4 is 0 Å². The molecule has 0 spiro atoms. The van der Waals surface area contributed by atoms with Gasteiger partial charge in [0.15, 0.2) is 0 Å². The van der Waals surface area contributed by atoms with Crippen LogP contribution in [0.1, 0.15) is 21.7 Å². The van der Waals surface area contributed by atoms with E-state index in [1.807, 2.05) is 24.4 Å². The third-order valence-electron chi connectivity index (χ3n) is 2.84. The smallest absolute Gasteiger partial charge is 0.272 e. The van der Waals surface area contributed by atoms with E-state index < -0.39 is 0 Å². The summed E-state index contributed by atoms with van der Waals surface area (Å²) in [6, 6.07) is 9.06. The van der Waals surface area contributed by atoms with Gasteiger partial charge in [0.2, 0.25) is 0 Å². The van der Waals surface area contributed by atoms with Crippen molar-refractivity contribution in [1.29, 1.82) is 5.26 Å². The van der Waals surface area contributed by atoms with Gasteiger partial charge in [-0.15, -0.1) is 0 Å². The van der Waals surface area contributed by atoms with Gasteiger partial charge in [-0.05, 0) is 24.3 Å². The average molecular weight is 254 g/mol. The third-order valence-corrected chi connectivity index (χ3v) is 2.84. The molecular formula is C14H14N4O. The molecule has 0 radical (unpaired) electrons. The molecule has 0 fully saturated rings. The van der Waals surface area contributed by atoms with E-state index in [1.165, 1.54) is 6.20 Å². The van der Waals surface area contributed by atoms with E-state index in [0.29, 0.717) is 17.8 Å². The van der Waals surface area contributed by atoms with Crippen molar-refractivity contribution < 1.29 is 4.79 Å². The van der Waals surface area contributed by atoms with Gasteiger partial charge < -0.3 is 9.88 Å². The number of carbonyl (C=O) groups is 1. The molecule has 0 bridgehead atoms. The molecule has 2 heterocycles. The molecule has 96 valence electrons. The van der Waals surface area contributed by atoms with Crippen molar-refractivity contribution in [3.63, 3.8) is 0 Å². The fourth-order valence-corrected chi connectivity index (χ4v) is 1.69. The molecule has 0 atom stereocenters. The molecule has 5 nitrogen and oxygen atoms in total. The van der Waals surface area contributed by atoms with Crippen LogP contribution in [0.25, 0.3) is 0 Å². The lowest BCUT2D eigenvalue weighted by atomic mass is 10.2. The Labute approximate surface area is 111 Å².